The quantitative estimate of drug-likeness (QED) is 0.724. The van der Waals surface area contributed by atoms with Crippen molar-refractivity contribution >= 4 is 23.4 Å². The van der Waals surface area contributed by atoms with Crippen molar-refractivity contribution in [3.05, 3.63) is 42.1 Å². The summed E-state index contributed by atoms with van der Waals surface area (Å²) in [4.78, 5) is 18.8. The lowest BCUT2D eigenvalue weighted by molar-refractivity contribution is 0.100. The molecule has 0 saturated heterocycles. The van der Waals surface area contributed by atoms with Crippen molar-refractivity contribution in [2.45, 2.75) is 0 Å². The zero-order valence-electron chi connectivity index (χ0n) is 8.92. The smallest absolute Gasteiger partial charge is 0.248 e. The maximum Gasteiger partial charge on any atom is 0.248 e. The van der Waals surface area contributed by atoms with Crippen LogP contribution in [0.1, 0.15) is 10.4 Å². The zero-order valence-corrected chi connectivity index (χ0v) is 8.92. The molecule has 5 N–H and O–H groups in total. The summed E-state index contributed by atoms with van der Waals surface area (Å²) in [6.45, 7) is 0. The Kier molecular flexibility index (Phi) is 2.87. The topological polar surface area (TPSA) is 107 Å². The second-order valence-electron chi connectivity index (χ2n) is 3.37. The van der Waals surface area contributed by atoms with Crippen molar-refractivity contribution in [2.24, 2.45) is 5.73 Å². The lowest BCUT2D eigenvalue weighted by Gasteiger charge is -2.06. The normalized spacial score (nSPS) is 9.88. The molecule has 6 heteroatoms. The summed E-state index contributed by atoms with van der Waals surface area (Å²) < 4.78 is 0. The molecule has 0 unspecified atom stereocenters. The van der Waals surface area contributed by atoms with Gasteiger partial charge >= 0.3 is 0 Å². The third kappa shape index (κ3) is 2.69. The van der Waals surface area contributed by atoms with Gasteiger partial charge in [-0.25, -0.2) is 4.98 Å². The van der Waals surface area contributed by atoms with E-state index in [0.717, 1.165) is 0 Å². The number of nitrogen functional groups attached to an aromatic ring is 1. The molecular formula is C11H11N5O. The van der Waals surface area contributed by atoms with E-state index in [4.69, 9.17) is 11.5 Å². The maximum absolute atomic E-state index is 11.0. The fourth-order valence-corrected chi connectivity index (χ4v) is 1.34. The highest BCUT2D eigenvalue weighted by Crippen LogP contribution is 2.15. The average Bonchev–Trinajstić information content (AvgIpc) is 2.29. The van der Waals surface area contributed by atoms with E-state index in [9.17, 15) is 4.79 Å². The molecule has 86 valence electrons. The fourth-order valence-electron chi connectivity index (χ4n) is 1.34. The van der Waals surface area contributed by atoms with Crippen LogP contribution in [-0.4, -0.2) is 15.9 Å². The van der Waals surface area contributed by atoms with Crippen molar-refractivity contribution in [3.8, 4) is 0 Å². The van der Waals surface area contributed by atoms with E-state index in [1.54, 1.807) is 36.5 Å². The van der Waals surface area contributed by atoms with Gasteiger partial charge in [-0.15, -0.1) is 0 Å². The SMILES string of the molecule is NC(=O)c1cccc(Nc2ccnc(N)n2)c1. The van der Waals surface area contributed by atoms with E-state index in [0.29, 0.717) is 17.1 Å². The highest BCUT2D eigenvalue weighted by Gasteiger charge is 2.02. The summed E-state index contributed by atoms with van der Waals surface area (Å²) in [5, 5.41) is 3.00. The highest BCUT2D eigenvalue weighted by molar-refractivity contribution is 5.93. The number of carbonyl (C=O) groups is 1. The number of nitrogens with zero attached hydrogens (tertiary/aromatic N) is 2. The van der Waals surface area contributed by atoms with Crippen LogP contribution in [0.3, 0.4) is 0 Å². The van der Waals surface area contributed by atoms with Gasteiger partial charge in [0.1, 0.15) is 5.82 Å². The Labute approximate surface area is 97.7 Å². The van der Waals surface area contributed by atoms with Gasteiger partial charge in [-0.1, -0.05) is 6.07 Å². The Hall–Kier alpha value is -2.63. The van der Waals surface area contributed by atoms with Crippen LogP contribution in [0.15, 0.2) is 36.5 Å². The minimum atomic E-state index is -0.476. The number of hydrogen-bond donors (Lipinski definition) is 3. The molecule has 0 bridgehead atoms. The van der Waals surface area contributed by atoms with E-state index in [-0.39, 0.29) is 5.95 Å². The van der Waals surface area contributed by atoms with E-state index in [1.807, 2.05) is 0 Å². The molecule has 0 aliphatic heterocycles. The number of primary amides is 1. The molecule has 1 aromatic carbocycles. The van der Waals surface area contributed by atoms with Crippen molar-refractivity contribution < 1.29 is 4.79 Å². The second kappa shape index (κ2) is 4.48. The molecule has 6 nitrogen and oxygen atoms in total. The Morgan fingerprint density at radius 2 is 2.12 bits per heavy atom. The first-order valence-electron chi connectivity index (χ1n) is 4.90. The summed E-state index contributed by atoms with van der Waals surface area (Å²) >= 11 is 0. The number of hydrogen-bond acceptors (Lipinski definition) is 5. The maximum atomic E-state index is 11.0. The average molecular weight is 229 g/mol. The number of amides is 1. The van der Waals surface area contributed by atoms with Crippen molar-refractivity contribution in [3.63, 3.8) is 0 Å². The van der Waals surface area contributed by atoms with Crippen LogP contribution in [0, 0.1) is 0 Å². The van der Waals surface area contributed by atoms with Crippen LogP contribution in [-0.2, 0) is 0 Å². The lowest BCUT2D eigenvalue weighted by atomic mass is 10.2. The van der Waals surface area contributed by atoms with Gasteiger partial charge in [-0.05, 0) is 24.3 Å². The predicted octanol–water partition coefficient (Wildman–Crippen LogP) is 0.901. The fraction of sp³-hybridized carbons (Fsp3) is 0. The molecule has 0 fully saturated rings. The number of anilines is 3. The van der Waals surface area contributed by atoms with E-state index >= 15 is 0 Å². The zero-order chi connectivity index (χ0) is 12.3. The monoisotopic (exact) mass is 229 g/mol. The number of rotatable bonds is 3. The van der Waals surface area contributed by atoms with Gasteiger partial charge in [0.25, 0.3) is 0 Å². The summed E-state index contributed by atoms with van der Waals surface area (Å²) in [6, 6.07) is 8.48. The molecule has 0 spiro atoms. The number of nitrogens with two attached hydrogens (primary N) is 2. The summed E-state index contributed by atoms with van der Waals surface area (Å²) in [7, 11) is 0. The largest absolute Gasteiger partial charge is 0.368 e. The Morgan fingerprint density at radius 1 is 1.29 bits per heavy atom. The highest BCUT2D eigenvalue weighted by atomic mass is 16.1. The third-order valence-corrected chi connectivity index (χ3v) is 2.09. The van der Waals surface area contributed by atoms with Gasteiger partial charge in [0, 0.05) is 17.4 Å². The lowest BCUT2D eigenvalue weighted by Crippen LogP contribution is -2.10. The molecule has 1 amide bonds. The van der Waals surface area contributed by atoms with Crippen LogP contribution in [0.25, 0.3) is 0 Å². The molecule has 0 aliphatic rings. The van der Waals surface area contributed by atoms with Crippen LogP contribution >= 0.6 is 0 Å². The number of benzene rings is 1. The summed E-state index contributed by atoms with van der Waals surface area (Å²) in [5.74, 6) is 0.260. The minimum absolute atomic E-state index is 0.182. The Morgan fingerprint density at radius 3 is 2.82 bits per heavy atom. The number of carbonyl (C=O) groups excluding carboxylic acids is 1. The van der Waals surface area contributed by atoms with Crippen LogP contribution in [0.2, 0.25) is 0 Å². The Balaban J connectivity index is 2.24. The van der Waals surface area contributed by atoms with Gasteiger partial charge < -0.3 is 16.8 Å². The first-order valence-corrected chi connectivity index (χ1v) is 4.90. The van der Waals surface area contributed by atoms with Crippen LogP contribution in [0.5, 0.6) is 0 Å². The first kappa shape index (κ1) is 10.9. The molecule has 2 rings (SSSR count). The molecule has 2 aromatic rings. The summed E-state index contributed by atoms with van der Waals surface area (Å²) in [6.07, 6.45) is 1.54. The standard InChI is InChI=1S/C11H11N5O/c12-10(17)7-2-1-3-8(6-7)15-9-4-5-14-11(13)16-9/h1-6H,(H2,12,17)(H3,13,14,15,16). The van der Waals surface area contributed by atoms with Crippen LogP contribution in [0.4, 0.5) is 17.5 Å². The van der Waals surface area contributed by atoms with Gasteiger partial charge in [0.15, 0.2) is 0 Å². The van der Waals surface area contributed by atoms with Crippen molar-refractivity contribution in [1.82, 2.24) is 9.97 Å². The second-order valence-corrected chi connectivity index (χ2v) is 3.37. The number of aromatic nitrogens is 2. The molecular weight excluding hydrogens is 218 g/mol. The molecule has 0 atom stereocenters. The van der Waals surface area contributed by atoms with Gasteiger partial charge in [-0.3, -0.25) is 4.79 Å². The molecule has 1 aromatic heterocycles. The predicted molar refractivity (Wildman–Crippen MR) is 64.7 cm³/mol. The molecule has 1 heterocycles. The van der Waals surface area contributed by atoms with Crippen LogP contribution < -0.4 is 16.8 Å². The Bertz CT molecular complexity index is 555. The van der Waals surface area contributed by atoms with Gasteiger partial charge in [-0.2, -0.15) is 4.98 Å². The van der Waals surface area contributed by atoms with Crippen molar-refractivity contribution in [1.29, 1.82) is 0 Å². The molecule has 0 aliphatic carbocycles. The van der Waals surface area contributed by atoms with E-state index in [1.165, 1.54) is 0 Å². The van der Waals surface area contributed by atoms with E-state index in [2.05, 4.69) is 15.3 Å². The van der Waals surface area contributed by atoms with E-state index < -0.39 is 5.91 Å². The van der Waals surface area contributed by atoms with Gasteiger partial charge in [0.05, 0.1) is 0 Å². The van der Waals surface area contributed by atoms with Gasteiger partial charge in [0.2, 0.25) is 11.9 Å². The summed E-state index contributed by atoms with van der Waals surface area (Å²) in [5.41, 5.74) is 11.8. The molecule has 0 radical (unpaired) electrons. The first-order chi connectivity index (χ1) is 8.15. The third-order valence-electron chi connectivity index (χ3n) is 2.09. The minimum Gasteiger partial charge on any atom is -0.368 e. The molecule has 0 saturated carbocycles. The number of nitrogens with one attached hydrogen (secondary N) is 1. The van der Waals surface area contributed by atoms with Crippen molar-refractivity contribution in [2.75, 3.05) is 11.1 Å². The molecule has 17 heavy (non-hydrogen) atoms.